The summed E-state index contributed by atoms with van der Waals surface area (Å²) in [5.41, 5.74) is 0. The van der Waals surface area contributed by atoms with Crippen molar-refractivity contribution in [3.05, 3.63) is 6.42 Å². The van der Waals surface area contributed by atoms with E-state index in [1.54, 1.807) is 13.5 Å². The van der Waals surface area contributed by atoms with Crippen molar-refractivity contribution in [2.45, 2.75) is 25.4 Å². The van der Waals surface area contributed by atoms with E-state index in [1.807, 2.05) is 0 Å². The third-order valence-electron chi connectivity index (χ3n) is 1.59. The van der Waals surface area contributed by atoms with Crippen LogP contribution in [0.3, 0.4) is 0 Å². The molecule has 1 aliphatic rings. The number of hydrogen-bond donors (Lipinski definition) is 0. The molecule has 0 N–H and O–H groups in total. The molecule has 1 fully saturated rings. The quantitative estimate of drug-likeness (QED) is 0.524. The van der Waals surface area contributed by atoms with Gasteiger partial charge in [0, 0.05) is 13.5 Å². The standard InChI is InChI=1S/C7H11O2/c1-9-7-4-2-3-6(8)5-7/h5,7H,2-4H2,1H3. The van der Waals surface area contributed by atoms with Crippen LogP contribution in [-0.4, -0.2) is 19.0 Å². The molecule has 1 unspecified atom stereocenters. The van der Waals surface area contributed by atoms with Gasteiger partial charge in [0.25, 0.3) is 0 Å². The van der Waals surface area contributed by atoms with Crippen LogP contribution in [0.25, 0.3) is 0 Å². The number of carbonyl (C=O) groups is 1. The molecule has 0 spiro atoms. The molecular weight excluding hydrogens is 116 g/mol. The van der Waals surface area contributed by atoms with E-state index >= 15 is 0 Å². The normalized spacial score (nSPS) is 28.6. The summed E-state index contributed by atoms with van der Waals surface area (Å²) in [7, 11) is 1.64. The summed E-state index contributed by atoms with van der Waals surface area (Å²) in [6, 6.07) is 0. The number of ketones is 1. The fourth-order valence-electron chi connectivity index (χ4n) is 1.04. The lowest BCUT2D eigenvalue weighted by molar-refractivity contribution is -0.118. The van der Waals surface area contributed by atoms with Crippen LogP contribution >= 0.6 is 0 Å². The van der Waals surface area contributed by atoms with E-state index in [0.717, 1.165) is 12.8 Å². The van der Waals surface area contributed by atoms with Crippen LogP contribution < -0.4 is 0 Å². The lowest BCUT2D eigenvalue weighted by Gasteiger charge is -2.17. The summed E-state index contributed by atoms with van der Waals surface area (Å²) >= 11 is 0. The Bertz CT molecular complexity index is 109. The molecule has 1 atom stereocenters. The number of carbonyl (C=O) groups excluding carboxylic acids is 1. The van der Waals surface area contributed by atoms with Crippen molar-refractivity contribution in [2.24, 2.45) is 0 Å². The van der Waals surface area contributed by atoms with Crippen LogP contribution in [0.5, 0.6) is 0 Å². The molecule has 2 nitrogen and oxygen atoms in total. The van der Waals surface area contributed by atoms with Gasteiger partial charge in [0.15, 0.2) is 0 Å². The van der Waals surface area contributed by atoms with Crippen molar-refractivity contribution < 1.29 is 9.53 Å². The molecule has 1 saturated carbocycles. The average Bonchev–Trinajstić information content (AvgIpc) is 1.88. The molecule has 0 saturated heterocycles. The molecule has 0 bridgehead atoms. The first kappa shape index (κ1) is 6.75. The van der Waals surface area contributed by atoms with Gasteiger partial charge in [-0.2, -0.15) is 0 Å². The second-order valence-electron chi connectivity index (χ2n) is 2.30. The van der Waals surface area contributed by atoms with Gasteiger partial charge in [-0.25, -0.2) is 0 Å². The second-order valence-corrected chi connectivity index (χ2v) is 2.30. The number of Topliss-reactive ketones (excluding diaryl/α,β-unsaturated/α-hetero) is 1. The summed E-state index contributed by atoms with van der Waals surface area (Å²) < 4.78 is 4.99. The van der Waals surface area contributed by atoms with Gasteiger partial charge in [-0.15, -0.1) is 0 Å². The molecule has 9 heavy (non-hydrogen) atoms. The molecule has 0 aromatic carbocycles. The smallest absolute Gasteiger partial charge is 0.139 e. The van der Waals surface area contributed by atoms with Crippen LogP contribution in [-0.2, 0) is 9.53 Å². The Hall–Kier alpha value is -0.370. The van der Waals surface area contributed by atoms with Crippen molar-refractivity contribution >= 4 is 5.78 Å². The largest absolute Gasteiger partial charge is 0.381 e. The SMILES string of the molecule is COC1[CH]C(=O)CCC1. The van der Waals surface area contributed by atoms with Gasteiger partial charge in [0.2, 0.25) is 0 Å². The van der Waals surface area contributed by atoms with Crippen LogP contribution in [0.15, 0.2) is 0 Å². The zero-order valence-electron chi connectivity index (χ0n) is 5.59. The van der Waals surface area contributed by atoms with E-state index in [2.05, 4.69) is 0 Å². The van der Waals surface area contributed by atoms with Crippen LogP contribution in [0.4, 0.5) is 0 Å². The van der Waals surface area contributed by atoms with Gasteiger partial charge < -0.3 is 4.74 Å². The molecule has 0 aromatic heterocycles. The second kappa shape index (κ2) is 2.97. The number of rotatable bonds is 1. The Morgan fingerprint density at radius 2 is 2.56 bits per heavy atom. The number of methoxy groups -OCH3 is 1. The van der Waals surface area contributed by atoms with E-state index in [4.69, 9.17) is 4.74 Å². The summed E-state index contributed by atoms with van der Waals surface area (Å²) in [4.78, 5) is 10.7. The van der Waals surface area contributed by atoms with Crippen molar-refractivity contribution in [3.8, 4) is 0 Å². The predicted octanol–water partition coefficient (Wildman–Crippen LogP) is 0.959. The molecule has 0 aromatic rings. The van der Waals surface area contributed by atoms with E-state index in [9.17, 15) is 4.79 Å². The fourth-order valence-corrected chi connectivity index (χ4v) is 1.04. The highest BCUT2D eigenvalue weighted by Gasteiger charge is 2.18. The molecule has 2 heteroatoms. The molecular formula is C7H11O2. The topological polar surface area (TPSA) is 26.3 Å². The zero-order valence-corrected chi connectivity index (χ0v) is 5.59. The lowest BCUT2D eigenvalue weighted by Crippen LogP contribution is -2.21. The molecule has 1 aliphatic carbocycles. The first-order valence-electron chi connectivity index (χ1n) is 3.23. The minimum absolute atomic E-state index is 0.0891. The monoisotopic (exact) mass is 127 g/mol. The summed E-state index contributed by atoms with van der Waals surface area (Å²) in [6.07, 6.45) is 4.45. The summed E-state index contributed by atoms with van der Waals surface area (Å²) in [6.45, 7) is 0. The zero-order chi connectivity index (χ0) is 6.69. The minimum atomic E-state index is 0.0891. The maximum absolute atomic E-state index is 10.7. The lowest BCUT2D eigenvalue weighted by atomic mass is 9.97. The molecule has 1 radical (unpaired) electrons. The molecule has 0 amide bonds. The van der Waals surface area contributed by atoms with Gasteiger partial charge in [-0.1, -0.05) is 0 Å². The first-order valence-corrected chi connectivity index (χ1v) is 3.23. The maximum Gasteiger partial charge on any atom is 0.139 e. The van der Waals surface area contributed by atoms with Gasteiger partial charge in [0.1, 0.15) is 5.78 Å². The van der Waals surface area contributed by atoms with Crippen LogP contribution in [0.1, 0.15) is 19.3 Å². The minimum Gasteiger partial charge on any atom is -0.381 e. The maximum atomic E-state index is 10.7. The van der Waals surface area contributed by atoms with E-state index in [1.165, 1.54) is 0 Å². The van der Waals surface area contributed by atoms with Gasteiger partial charge in [0.05, 0.1) is 12.5 Å². The van der Waals surface area contributed by atoms with Gasteiger partial charge in [-0.05, 0) is 12.8 Å². The number of hydrogen-bond acceptors (Lipinski definition) is 2. The number of ether oxygens (including phenoxy) is 1. The first-order chi connectivity index (χ1) is 4.33. The van der Waals surface area contributed by atoms with E-state index < -0.39 is 0 Å². The highest BCUT2D eigenvalue weighted by molar-refractivity contribution is 5.88. The van der Waals surface area contributed by atoms with Crippen molar-refractivity contribution in [1.29, 1.82) is 0 Å². The molecule has 0 aliphatic heterocycles. The molecule has 51 valence electrons. The average molecular weight is 127 g/mol. The predicted molar refractivity (Wildman–Crippen MR) is 34.0 cm³/mol. The molecule has 1 rings (SSSR count). The van der Waals surface area contributed by atoms with Gasteiger partial charge in [-0.3, -0.25) is 4.79 Å². The van der Waals surface area contributed by atoms with E-state index in [0.29, 0.717) is 6.42 Å². The Balaban J connectivity index is 2.32. The Morgan fingerprint density at radius 3 is 3.00 bits per heavy atom. The van der Waals surface area contributed by atoms with E-state index in [-0.39, 0.29) is 11.9 Å². The third kappa shape index (κ3) is 1.79. The summed E-state index contributed by atoms with van der Waals surface area (Å²) in [5.74, 6) is 0.230. The summed E-state index contributed by atoms with van der Waals surface area (Å²) in [5, 5.41) is 0. The van der Waals surface area contributed by atoms with Crippen LogP contribution in [0, 0.1) is 6.42 Å². The van der Waals surface area contributed by atoms with Crippen molar-refractivity contribution in [3.63, 3.8) is 0 Å². The fraction of sp³-hybridized carbons (Fsp3) is 0.714. The Morgan fingerprint density at radius 1 is 1.78 bits per heavy atom. The van der Waals surface area contributed by atoms with Crippen molar-refractivity contribution in [2.75, 3.05) is 7.11 Å². The highest BCUT2D eigenvalue weighted by atomic mass is 16.5. The highest BCUT2D eigenvalue weighted by Crippen LogP contribution is 2.15. The van der Waals surface area contributed by atoms with Crippen LogP contribution in [0.2, 0.25) is 0 Å². The molecule has 0 heterocycles. The third-order valence-corrected chi connectivity index (χ3v) is 1.59. The van der Waals surface area contributed by atoms with Gasteiger partial charge >= 0.3 is 0 Å². The van der Waals surface area contributed by atoms with Crippen molar-refractivity contribution in [1.82, 2.24) is 0 Å². The Kier molecular flexibility index (Phi) is 2.22. The Labute approximate surface area is 55.2 Å².